The van der Waals surface area contributed by atoms with Crippen LogP contribution in [0.4, 0.5) is 0 Å². The van der Waals surface area contributed by atoms with Crippen molar-refractivity contribution in [1.29, 1.82) is 0 Å². The van der Waals surface area contributed by atoms with Crippen LogP contribution in [0.15, 0.2) is 39.5 Å². The number of para-hydroxylation sites is 1. The lowest BCUT2D eigenvalue weighted by Crippen LogP contribution is -2.24. The van der Waals surface area contributed by atoms with E-state index in [4.69, 9.17) is 18.3 Å². The number of carbonyl (C=O) groups is 1. The molecule has 1 aliphatic heterocycles. The van der Waals surface area contributed by atoms with Crippen LogP contribution in [0.1, 0.15) is 41.0 Å². The van der Waals surface area contributed by atoms with Crippen molar-refractivity contribution in [3.05, 3.63) is 47.9 Å². The molecule has 25 heavy (non-hydrogen) atoms. The van der Waals surface area contributed by atoms with Crippen molar-refractivity contribution in [2.24, 2.45) is 0 Å². The standard InChI is InChI=1S/C18H18N2O5/c1-22-13-5-2-4-11-8-12(25-16(11)13)9-19-18(21)15-17(24-10-20-15)14-6-3-7-23-14/h2,4-5,8,10,14H,3,6-7,9H2,1H3,(H,19,21)/t14-/m0/s1. The number of benzene rings is 1. The highest BCUT2D eigenvalue weighted by Crippen LogP contribution is 2.31. The number of fused-ring (bicyclic) bond motifs is 1. The Morgan fingerprint density at radius 3 is 3.16 bits per heavy atom. The third-order valence-corrected chi connectivity index (χ3v) is 4.23. The number of hydrogen-bond acceptors (Lipinski definition) is 6. The van der Waals surface area contributed by atoms with E-state index in [1.165, 1.54) is 6.39 Å². The van der Waals surface area contributed by atoms with Gasteiger partial charge in [0.15, 0.2) is 29.2 Å². The summed E-state index contributed by atoms with van der Waals surface area (Å²) in [6.45, 7) is 0.918. The number of methoxy groups -OCH3 is 1. The van der Waals surface area contributed by atoms with Crippen LogP contribution < -0.4 is 10.1 Å². The first kappa shape index (κ1) is 15.7. The predicted octanol–water partition coefficient (Wildman–Crippen LogP) is 3.21. The second-order valence-electron chi connectivity index (χ2n) is 5.84. The number of aromatic nitrogens is 1. The molecule has 4 rings (SSSR count). The average Bonchev–Trinajstić information content (AvgIpc) is 3.38. The minimum absolute atomic E-state index is 0.196. The fraction of sp³-hybridized carbons (Fsp3) is 0.333. The Labute approximate surface area is 143 Å². The van der Waals surface area contributed by atoms with Gasteiger partial charge in [0.2, 0.25) is 0 Å². The molecule has 1 aromatic carbocycles. The summed E-state index contributed by atoms with van der Waals surface area (Å²) in [6, 6.07) is 7.53. The van der Waals surface area contributed by atoms with E-state index in [1.807, 2.05) is 24.3 Å². The summed E-state index contributed by atoms with van der Waals surface area (Å²) in [5.41, 5.74) is 0.927. The average molecular weight is 342 g/mol. The van der Waals surface area contributed by atoms with Gasteiger partial charge in [0, 0.05) is 12.0 Å². The van der Waals surface area contributed by atoms with Gasteiger partial charge in [-0.2, -0.15) is 0 Å². The predicted molar refractivity (Wildman–Crippen MR) is 88.4 cm³/mol. The molecule has 7 heteroatoms. The number of rotatable bonds is 5. The first-order valence-electron chi connectivity index (χ1n) is 8.15. The summed E-state index contributed by atoms with van der Waals surface area (Å²) in [5.74, 6) is 1.47. The quantitative estimate of drug-likeness (QED) is 0.766. The molecule has 1 fully saturated rings. The largest absolute Gasteiger partial charge is 0.493 e. The molecule has 1 atom stereocenters. The maximum Gasteiger partial charge on any atom is 0.274 e. The van der Waals surface area contributed by atoms with Gasteiger partial charge in [-0.3, -0.25) is 4.79 Å². The monoisotopic (exact) mass is 342 g/mol. The summed E-state index contributed by atoms with van der Waals surface area (Å²) in [7, 11) is 1.59. The summed E-state index contributed by atoms with van der Waals surface area (Å²) >= 11 is 0. The minimum Gasteiger partial charge on any atom is -0.493 e. The number of hydrogen-bond donors (Lipinski definition) is 1. The van der Waals surface area contributed by atoms with E-state index in [1.54, 1.807) is 7.11 Å². The topological polar surface area (TPSA) is 86.7 Å². The molecule has 0 spiro atoms. The molecule has 2 aromatic heterocycles. The number of ether oxygens (including phenoxy) is 2. The molecule has 1 N–H and O–H groups in total. The Bertz CT molecular complexity index is 892. The number of oxazole rings is 1. The fourth-order valence-electron chi connectivity index (χ4n) is 3.03. The molecule has 3 aromatic rings. The zero-order valence-electron chi connectivity index (χ0n) is 13.8. The summed E-state index contributed by atoms with van der Waals surface area (Å²) in [5, 5.41) is 3.73. The molecule has 0 bridgehead atoms. The summed E-state index contributed by atoms with van der Waals surface area (Å²) in [4.78, 5) is 16.5. The van der Waals surface area contributed by atoms with Gasteiger partial charge < -0.3 is 23.6 Å². The zero-order valence-corrected chi connectivity index (χ0v) is 13.8. The molecule has 0 radical (unpaired) electrons. The van der Waals surface area contributed by atoms with Crippen LogP contribution in [-0.4, -0.2) is 24.6 Å². The number of amides is 1. The highest BCUT2D eigenvalue weighted by molar-refractivity contribution is 5.93. The van der Waals surface area contributed by atoms with Crippen LogP contribution in [0.3, 0.4) is 0 Å². The van der Waals surface area contributed by atoms with Crippen molar-refractivity contribution in [1.82, 2.24) is 10.3 Å². The smallest absolute Gasteiger partial charge is 0.274 e. The van der Waals surface area contributed by atoms with Crippen LogP contribution in [-0.2, 0) is 11.3 Å². The van der Waals surface area contributed by atoms with Crippen LogP contribution >= 0.6 is 0 Å². The van der Waals surface area contributed by atoms with Gasteiger partial charge in [-0.05, 0) is 25.0 Å². The lowest BCUT2D eigenvalue weighted by atomic mass is 10.1. The maximum atomic E-state index is 12.4. The van der Waals surface area contributed by atoms with Crippen LogP contribution in [0, 0.1) is 0 Å². The van der Waals surface area contributed by atoms with Crippen molar-refractivity contribution in [2.45, 2.75) is 25.5 Å². The van der Waals surface area contributed by atoms with Crippen molar-refractivity contribution >= 4 is 16.9 Å². The molecule has 0 unspecified atom stereocenters. The van der Waals surface area contributed by atoms with E-state index in [-0.39, 0.29) is 24.2 Å². The first-order valence-corrected chi connectivity index (χ1v) is 8.15. The number of furan rings is 1. The van der Waals surface area contributed by atoms with Crippen molar-refractivity contribution in [3.8, 4) is 5.75 Å². The first-order chi connectivity index (χ1) is 12.3. The molecule has 1 saturated heterocycles. The van der Waals surface area contributed by atoms with Crippen LogP contribution in [0.25, 0.3) is 11.0 Å². The van der Waals surface area contributed by atoms with Crippen molar-refractivity contribution < 1.29 is 23.1 Å². The summed E-state index contributed by atoms with van der Waals surface area (Å²) < 4.78 is 22.0. The molecule has 0 saturated carbocycles. The fourth-order valence-corrected chi connectivity index (χ4v) is 3.03. The van der Waals surface area contributed by atoms with Crippen LogP contribution in [0.5, 0.6) is 5.75 Å². The van der Waals surface area contributed by atoms with Gasteiger partial charge in [0.1, 0.15) is 11.9 Å². The Hall–Kier alpha value is -2.80. The van der Waals surface area contributed by atoms with Crippen molar-refractivity contribution in [2.75, 3.05) is 13.7 Å². The van der Waals surface area contributed by atoms with Gasteiger partial charge in [-0.1, -0.05) is 12.1 Å². The molecular weight excluding hydrogens is 324 g/mol. The third-order valence-electron chi connectivity index (χ3n) is 4.23. The Morgan fingerprint density at radius 1 is 1.44 bits per heavy atom. The van der Waals surface area contributed by atoms with Gasteiger partial charge in [-0.15, -0.1) is 0 Å². The lowest BCUT2D eigenvalue weighted by molar-refractivity contribution is 0.0859. The van der Waals surface area contributed by atoms with E-state index in [9.17, 15) is 4.79 Å². The van der Waals surface area contributed by atoms with E-state index in [2.05, 4.69) is 10.3 Å². The molecular formula is C18H18N2O5. The second kappa shape index (κ2) is 6.60. The van der Waals surface area contributed by atoms with E-state index >= 15 is 0 Å². The second-order valence-corrected chi connectivity index (χ2v) is 5.84. The Balaban J connectivity index is 1.48. The molecule has 1 aliphatic rings. The SMILES string of the molecule is COc1cccc2cc(CNC(=O)c3ncoc3[C@@H]3CCCO3)oc12. The summed E-state index contributed by atoms with van der Waals surface area (Å²) in [6.07, 6.45) is 2.86. The molecule has 3 heterocycles. The minimum atomic E-state index is -0.313. The van der Waals surface area contributed by atoms with E-state index in [0.717, 1.165) is 18.2 Å². The molecule has 7 nitrogen and oxygen atoms in total. The van der Waals surface area contributed by atoms with Gasteiger partial charge in [0.25, 0.3) is 5.91 Å². The Morgan fingerprint density at radius 2 is 2.36 bits per heavy atom. The Kier molecular flexibility index (Phi) is 4.15. The zero-order chi connectivity index (χ0) is 17.2. The molecule has 1 amide bonds. The van der Waals surface area contributed by atoms with E-state index in [0.29, 0.717) is 29.5 Å². The molecule has 130 valence electrons. The van der Waals surface area contributed by atoms with Gasteiger partial charge in [-0.25, -0.2) is 4.98 Å². The van der Waals surface area contributed by atoms with Crippen molar-refractivity contribution in [3.63, 3.8) is 0 Å². The lowest BCUT2D eigenvalue weighted by Gasteiger charge is -2.07. The maximum absolute atomic E-state index is 12.4. The number of nitrogens with one attached hydrogen (secondary N) is 1. The highest BCUT2D eigenvalue weighted by atomic mass is 16.5. The molecule has 0 aliphatic carbocycles. The van der Waals surface area contributed by atoms with Gasteiger partial charge in [0.05, 0.1) is 13.7 Å². The highest BCUT2D eigenvalue weighted by Gasteiger charge is 2.28. The van der Waals surface area contributed by atoms with Gasteiger partial charge >= 0.3 is 0 Å². The third kappa shape index (κ3) is 2.98. The number of nitrogens with zero attached hydrogens (tertiary/aromatic N) is 1. The number of carbonyl (C=O) groups excluding carboxylic acids is 1. The normalized spacial score (nSPS) is 17.1. The van der Waals surface area contributed by atoms with E-state index < -0.39 is 0 Å². The van der Waals surface area contributed by atoms with Crippen LogP contribution in [0.2, 0.25) is 0 Å².